The lowest BCUT2D eigenvalue weighted by Crippen LogP contribution is -3.00. The molecule has 0 spiro atoms. The van der Waals surface area contributed by atoms with E-state index in [1.165, 1.54) is 108 Å². The second kappa shape index (κ2) is 18.2. The highest BCUT2D eigenvalue weighted by Crippen LogP contribution is 2.13. The van der Waals surface area contributed by atoms with Gasteiger partial charge >= 0.3 is 0 Å². The highest BCUT2D eigenvalue weighted by Gasteiger charge is 2.00. The highest BCUT2D eigenvalue weighted by atomic mass is 35.5. The van der Waals surface area contributed by atoms with E-state index < -0.39 is 0 Å². The maximum atomic E-state index is 2.33. The summed E-state index contributed by atoms with van der Waals surface area (Å²) in [5.74, 6) is 0. The summed E-state index contributed by atoms with van der Waals surface area (Å²) >= 11 is 0. The Labute approximate surface area is 164 Å². The molecule has 0 bridgehead atoms. The molecule has 0 saturated carbocycles. The van der Waals surface area contributed by atoms with Crippen LogP contribution in [-0.2, 0) is 6.54 Å². The third-order valence-electron chi connectivity index (χ3n) is 5.03. The van der Waals surface area contributed by atoms with E-state index in [4.69, 9.17) is 0 Å². The van der Waals surface area contributed by atoms with Crippen molar-refractivity contribution in [2.75, 3.05) is 0 Å². The zero-order chi connectivity index (χ0) is 17.3. The molecule has 0 aromatic carbocycles. The van der Waals surface area contributed by atoms with Crippen LogP contribution in [0, 0.1) is 6.92 Å². The number of halogens is 1. The molecule has 1 nitrogen and oxygen atoms in total. The van der Waals surface area contributed by atoms with Gasteiger partial charge in [0, 0.05) is 18.1 Å². The van der Waals surface area contributed by atoms with Gasteiger partial charge < -0.3 is 12.4 Å². The summed E-state index contributed by atoms with van der Waals surface area (Å²) in [6.07, 6.45) is 26.0. The van der Waals surface area contributed by atoms with Crippen molar-refractivity contribution in [2.24, 2.45) is 0 Å². The third-order valence-corrected chi connectivity index (χ3v) is 5.03. The van der Waals surface area contributed by atoms with Gasteiger partial charge in [0.25, 0.3) is 0 Å². The van der Waals surface area contributed by atoms with Crippen molar-refractivity contribution in [3.05, 3.63) is 30.1 Å². The van der Waals surface area contributed by atoms with E-state index in [0.29, 0.717) is 0 Å². The van der Waals surface area contributed by atoms with Gasteiger partial charge in [-0.25, -0.2) is 4.57 Å². The predicted molar refractivity (Wildman–Crippen MR) is 106 cm³/mol. The van der Waals surface area contributed by atoms with Gasteiger partial charge in [-0.05, 0) is 19.4 Å². The number of hydrogen-bond acceptors (Lipinski definition) is 0. The summed E-state index contributed by atoms with van der Waals surface area (Å²) in [5, 5.41) is 0. The molecule has 0 radical (unpaired) electrons. The van der Waals surface area contributed by atoms with Crippen LogP contribution in [0.4, 0.5) is 0 Å². The standard InChI is InChI=1S/C23H42N.ClH/c1-3-4-5-6-7-8-9-10-11-12-13-14-15-16-17-20-24-21-18-19-23(2)22-24;/h18-19,21-22H,3-17,20H2,1-2H3;1H/q+1;/p-1. The molecule has 0 amide bonds. The molecule has 0 N–H and O–H groups in total. The zero-order valence-corrected chi connectivity index (χ0v) is 17.7. The van der Waals surface area contributed by atoms with E-state index in [-0.39, 0.29) is 12.4 Å². The Morgan fingerprint density at radius 1 is 0.680 bits per heavy atom. The monoisotopic (exact) mass is 367 g/mol. The number of rotatable bonds is 16. The molecule has 0 saturated heterocycles. The van der Waals surface area contributed by atoms with Crippen LogP contribution >= 0.6 is 0 Å². The molecule has 0 unspecified atom stereocenters. The third kappa shape index (κ3) is 15.4. The first kappa shape index (κ1) is 24.4. The number of hydrogen-bond donors (Lipinski definition) is 0. The van der Waals surface area contributed by atoms with Gasteiger partial charge in [0.2, 0.25) is 0 Å². The van der Waals surface area contributed by atoms with Crippen LogP contribution in [-0.4, -0.2) is 0 Å². The van der Waals surface area contributed by atoms with Gasteiger partial charge in [-0.1, -0.05) is 90.4 Å². The number of pyridine rings is 1. The zero-order valence-electron chi connectivity index (χ0n) is 16.9. The van der Waals surface area contributed by atoms with Crippen molar-refractivity contribution >= 4 is 0 Å². The molecule has 1 aromatic rings. The van der Waals surface area contributed by atoms with Gasteiger partial charge in [-0.15, -0.1) is 0 Å². The Bertz CT molecular complexity index is 391. The first-order valence-electron chi connectivity index (χ1n) is 10.8. The van der Waals surface area contributed by atoms with E-state index in [1.54, 1.807) is 0 Å². The van der Waals surface area contributed by atoms with Gasteiger partial charge in [0.15, 0.2) is 12.4 Å². The molecule has 0 atom stereocenters. The molecule has 1 rings (SSSR count). The summed E-state index contributed by atoms with van der Waals surface area (Å²) in [7, 11) is 0. The second-order valence-electron chi connectivity index (χ2n) is 7.57. The SMILES string of the molecule is CCCCCCCCCCCCCCCCC[n+]1cccc(C)c1.[Cl-]. The van der Waals surface area contributed by atoms with Gasteiger partial charge in [0.1, 0.15) is 6.54 Å². The van der Waals surface area contributed by atoms with E-state index in [2.05, 4.69) is 42.9 Å². The Morgan fingerprint density at radius 2 is 1.12 bits per heavy atom. The van der Waals surface area contributed by atoms with Crippen LogP contribution in [0.2, 0.25) is 0 Å². The molecule has 1 heterocycles. The molecule has 146 valence electrons. The lowest BCUT2D eigenvalue weighted by atomic mass is 10.0. The molecule has 0 aliphatic rings. The van der Waals surface area contributed by atoms with Crippen molar-refractivity contribution in [1.82, 2.24) is 0 Å². The fourth-order valence-corrected chi connectivity index (χ4v) is 3.46. The number of unbranched alkanes of at least 4 members (excludes halogenated alkanes) is 14. The maximum Gasteiger partial charge on any atom is 0.171 e. The van der Waals surface area contributed by atoms with E-state index in [1.807, 2.05) is 0 Å². The molecule has 0 aliphatic heterocycles. The first-order chi connectivity index (χ1) is 11.8. The van der Waals surface area contributed by atoms with Crippen LogP contribution in [0.5, 0.6) is 0 Å². The largest absolute Gasteiger partial charge is 1.00 e. The fourth-order valence-electron chi connectivity index (χ4n) is 3.46. The second-order valence-corrected chi connectivity index (χ2v) is 7.57. The van der Waals surface area contributed by atoms with Gasteiger partial charge in [-0.2, -0.15) is 0 Å². The average molecular weight is 368 g/mol. The van der Waals surface area contributed by atoms with Crippen molar-refractivity contribution in [2.45, 2.75) is 117 Å². The number of aromatic nitrogens is 1. The van der Waals surface area contributed by atoms with Crippen molar-refractivity contribution < 1.29 is 17.0 Å². The maximum absolute atomic E-state index is 2.33. The van der Waals surface area contributed by atoms with Crippen LogP contribution in [0.15, 0.2) is 24.5 Å². The normalized spacial score (nSPS) is 10.6. The Balaban J connectivity index is 0.00000576. The van der Waals surface area contributed by atoms with Crippen LogP contribution in [0.3, 0.4) is 0 Å². The van der Waals surface area contributed by atoms with Crippen LogP contribution < -0.4 is 17.0 Å². The van der Waals surface area contributed by atoms with E-state index >= 15 is 0 Å². The van der Waals surface area contributed by atoms with Crippen molar-refractivity contribution in [1.29, 1.82) is 0 Å². The van der Waals surface area contributed by atoms with Crippen molar-refractivity contribution in [3.63, 3.8) is 0 Å². The molecular weight excluding hydrogens is 326 g/mol. The number of aryl methyl sites for hydroxylation is 2. The minimum absolute atomic E-state index is 0. The summed E-state index contributed by atoms with van der Waals surface area (Å²) in [4.78, 5) is 0. The topological polar surface area (TPSA) is 3.88 Å². The van der Waals surface area contributed by atoms with Crippen molar-refractivity contribution in [3.8, 4) is 0 Å². The molecule has 1 aromatic heterocycles. The smallest absolute Gasteiger partial charge is 0.171 e. The Hall–Kier alpha value is -0.560. The lowest BCUT2D eigenvalue weighted by Gasteiger charge is -2.03. The van der Waals surface area contributed by atoms with E-state index in [0.717, 1.165) is 0 Å². The lowest BCUT2D eigenvalue weighted by molar-refractivity contribution is -0.697. The number of nitrogens with zero attached hydrogens (tertiary/aromatic N) is 1. The predicted octanol–water partition coefficient (Wildman–Crippen LogP) is 4.16. The Kier molecular flexibility index (Phi) is 17.8. The molecule has 2 heteroatoms. The summed E-state index contributed by atoms with van der Waals surface area (Å²) in [6.45, 7) is 5.64. The molecule has 0 aliphatic carbocycles. The van der Waals surface area contributed by atoms with Crippen LogP contribution in [0.25, 0.3) is 0 Å². The summed E-state index contributed by atoms with van der Waals surface area (Å²) < 4.78 is 2.33. The summed E-state index contributed by atoms with van der Waals surface area (Å²) in [5.41, 5.74) is 1.36. The van der Waals surface area contributed by atoms with E-state index in [9.17, 15) is 0 Å². The quantitative estimate of drug-likeness (QED) is 0.305. The minimum atomic E-state index is 0. The Morgan fingerprint density at radius 3 is 1.56 bits per heavy atom. The van der Waals surface area contributed by atoms with Gasteiger partial charge in [-0.3, -0.25) is 0 Å². The summed E-state index contributed by atoms with van der Waals surface area (Å²) in [6, 6.07) is 4.32. The van der Waals surface area contributed by atoms with Crippen LogP contribution in [0.1, 0.15) is 109 Å². The highest BCUT2D eigenvalue weighted by molar-refractivity contribution is 5.01. The molecule has 25 heavy (non-hydrogen) atoms. The fraction of sp³-hybridized carbons (Fsp3) is 0.783. The van der Waals surface area contributed by atoms with Gasteiger partial charge in [0.05, 0.1) is 0 Å². The minimum Gasteiger partial charge on any atom is -1.00 e. The molecular formula is C23H42ClN. The molecule has 0 fully saturated rings. The first-order valence-corrected chi connectivity index (χ1v) is 10.8. The average Bonchev–Trinajstić information content (AvgIpc) is 2.58.